The number of aromatic carboxylic acids is 1. The minimum atomic E-state index is -3.81. The molecule has 5 nitrogen and oxygen atoms in total. The molecule has 1 atom stereocenters. The molecule has 0 amide bonds. The summed E-state index contributed by atoms with van der Waals surface area (Å²) in [6.45, 7) is 3.69. The molecule has 0 saturated heterocycles. The van der Waals surface area contributed by atoms with Crippen LogP contribution in [0.4, 0.5) is 0 Å². The number of halogens is 1. The third kappa shape index (κ3) is 4.19. The summed E-state index contributed by atoms with van der Waals surface area (Å²) < 4.78 is 26.7. The third-order valence-corrected chi connectivity index (χ3v) is 4.62. The van der Waals surface area contributed by atoms with Crippen LogP contribution in [0.2, 0.25) is 5.02 Å². The zero-order chi connectivity index (χ0) is 14.6. The lowest BCUT2D eigenvalue weighted by Crippen LogP contribution is -2.32. The van der Waals surface area contributed by atoms with Crippen LogP contribution in [0.3, 0.4) is 0 Å². The molecule has 0 radical (unpaired) electrons. The molecule has 0 spiro atoms. The van der Waals surface area contributed by atoms with E-state index < -0.39 is 16.0 Å². The van der Waals surface area contributed by atoms with Crippen LogP contribution in [-0.2, 0) is 10.0 Å². The van der Waals surface area contributed by atoms with E-state index in [1.54, 1.807) is 6.92 Å². The van der Waals surface area contributed by atoms with Gasteiger partial charge in [0.15, 0.2) is 0 Å². The second-order valence-electron chi connectivity index (χ2n) is 4.26. The summed E-state index contributed by atoms with van der Waals surface area (Å²) in [7, 11) is -3.81. The number of hydrogen-bond donors (Lipinski definition) is 2. The summed E-state index contributed by atoms with van der Waals surface area (Å²) in [5, 5.41) is 8.87. The minimum absolute atomic E-state index is 0.00111. The average molecular weight is 306 g/mol. The van der Waals surface area contributed by atoms with Gasteiger partial charge in [-0.25, -0.2) is 17.9 Å². The molecule has 0 heterocycles. The first-order chi connectivity index (χ1) is 8.77. The van der Waals surface area contributed by atoms with E-state index in [9.17, 15) is 13.2 Å². The van der Waals surface area contributed by atoms with Crippen molar-refractivity contribution in [3.05, 3.63) is 28.8 Å². The molecule has 0 aromatic heterocycles. The van der Waals surface area contributed by atoms with Gasteiger partial charge in [0.1, 0.15) is 4.90 Å². The highest BCUT2D eigenvalue weighted by Crippen LogP contribution is 2.23. The van der Waals surface area contributed by atoms with E-state index in [1.165, 1.54) is 12.1 Å². The van der Waals surface area contributed by atoms with Crippen LogP contribution in [0.5, 0.6) is 0 Å². The van der Waals surface area contributed by atoms with Crippen molar-refractivity contribution in [1.82, 2.24) is 4.72 Å². The van der Waals surface area contributed by atoms with E-state index in [2.05, 4.69) is 4.72 Å². The topological polar surface area (TPSA) is 83.5 Å². The monoisotopic (exact) mass is 305 g/mol. The molecular weight excluding hydrogens is 290 g/mol. The molecule has 0 saturated carbocycles. The van der Waals surface area contributed by atoms with E-state index in [0.717, 1.165) is 12.5 Å². The first-order valence-corrected chi connectivity index (χ1v) is 7.69. The molecule has 1 aromatic rings. The fourth-order valence-electron chi connectivity index (χ4n) is 1.66. The molecule has 0 aliphatic carbocycles. The van der Waals surface area contributed by atoms with E-state index in [1.807, 2.05) is 6.92 Å². The smallest absolute Gasteiger partial charge is 0.335 e. The highest BCUT2D eigenvalue weighted by atomic mass is 35.5. The fraction of sp³-hybridized carbons (Fsp3) is 0.417. The van der Waals surface area contributed by atoms with E-state index in [4.69, 9.17) is 16.7 Å². The van der Waals surface area contributed by atoms with Crippen LogP contribution in [-0.4, -0.2) is 25.5 Å². The number of sulfonamides is 1. The van der Waals surface area contributed by atoms with Gasteiger partial charge in [-0.15, -0.1) is 0 Å². The number of benzene rings is 1. The standard InChI is InChI=1S/C12H16ClNO4S/c1-3-4-8(2)14-19(17,18)11-7-9(12(15)16)5-6-10(11)13/h5-8,14H,3-4H2,1-2H3,(H,15,16). The van der Waals surface area contributed by atoms with Gasteiger partial charge in [0.05, 0.1) is 10.6 Å². The van der Waals surface area contributed by atoms with Crippen LogP contribution in [0.15, 0.2) is 23.1 Å². The number of carboxylic acid groups (broad SMARTS) is 1. The van der Waals surface area contributed by atoms with Crippen molar-refractivity contribution in [3.8, 4) is 0 Å². The van der Waals surface area contributed by atoms with Gasteiger partial charge < -0.3 is 5.11 Å². The van der Waals surface area contributed by atoms with Gasteiger partial charge in [0.25, 0.3) is 0 Å². The Balaban J connectivity index is 3.13. The molecule has 0 bridgehead atoms. The molecule has 1 rings (SSSR count). The predicted octanol–water partition coefficient (Wildman–Crippen LogP) is 2.51. The Kier molecular flexibility index (Phi) is 5.34. The van der Waals surface area contributed by atoms with Gasteiger partial charge >= 0.3 is 5.97 Å². The van der Waals surface area contributed by atoms with Crippen molar-refractivity contribution in [2.75, 3.05) is 0 Å². The quantitative estimate of drug-likeness (QED) is 0.846. The van der Waals surface area contributed by atoms with Gasteiger partial charge in [-0.1, -0.05) is 24.9 Å². The van der Waals surface area contributed by atoms with Crippen LogP contribution in [0, 0.1) is 0 Å². The number of nitrogens with one attached hydrogen (secondary N) is 1. The van der Waals surface area contributed by atoms with Crippen LogP contribution in [0.25, 0.3) is 0 Å². The largest absolute Gasteiger partial charge is 0.478 e. The summed E-state index contributed by atoms with van der Waals surface area (Å²) in [5.41, 5.74) is -0.118. The molecule has 2 N–H and O–H groups in total. The Morgan fingerprint density at radius 1 is 1.47 bits per heavy atom. The molecule has 106 valence electrons. The van der Waals surface area contributed by atoms with Gasteiger partial charge in [-0.2, -0.15) is 0 Å². The summed E-state index contributed by atoms with van der Waals surface area (Å²) in [5.74, 6) is -1.20. The lowest BCUT2D eigenvalue weighted by atomic mass is 10.2. The summed E-state index contributed by atoms with van der Waals surface area (Å²) >= 11 is 5.83. The highest BCUT2D eigenvalue weighted by molar-refractivity contribution is 7.89. The van der Waals surface area contributed by atoms with Gasteiger partial charge in [-0.05, 0) is 31.5 Å². The SMILES string of the molecule is CCCC(C)NS(=O)(=O)c1cc(C(=O)O)ccc1Cl. The summed E-state index contributed by atoms with van der Waals surface area (Å²) in [6.07, 6.45) is 1.53. The van der Waals surface area contributed by atoms with Crippen molar-refractivity contribution in [3.63, 3.8) is 0 Å². The van der Waals surface area contributed by atoms with Crippen LogP contribution in [0.1, 0.15) is 37.0 Å². The average Bonchev–Trinajstić information content (AvgIpc) is 2.28. The van der Waals surface area contributed by atoms with Gasteiger partial charge in [0, 0.05) is 6.04 Å². The Morgan fingerprint density at radius 3 is 2.63 bits per heavy atom. The van der Waals surface area contributed by atoms with Crippen molar-refractivity contribution in [2.45, 2.75) is 37.6 Å². The number of hydrogen-bond acceptors (Lipinski definition) is 3. The molecule has 7 heteroatoms. The maximum absolute atomic E-state index is 12.1. The van der Waals surface area contributed by atoms with Crippen molar-refractivity contribution in [2.24, 2.45) is 0 Å². The van der Waals surface area contributed by atoms with E-state index in [-0.39, 0.29) is 21.5 Å². The zero-order valence-electron chi connectivity index (χ0n) is 10.7. The molecule has 19 heavy (non-hydrogen) atoms. The Labute approximate surface area is 117 Å². The van der Waals surface area contributed by atoms with E-state index in [0.29, 0.717) is 6.42 Å². The van der Waals surface area contributed by atoms with Crippen LogP contribution >= 0.6 is 11.6 Å². The second-order valence-corrected chi connectivity index (χ2v) is 6.35. The maximum atomic E-state index is 12.1. The van der Waals surface area contributed by atoms with Gasteiger partial charge in [0.2, 0.25) is 10.0 Å². The molecule has 1 aromatic carbocycles. The number of rotatable bonds is 6. The maximum Gasteiger partial charge on any atom is 0.335 e. The molecule has 0 aliphatic heterocycles. The lowest BCUT2D eigenvalue weighted by molar-refractivity contribution is 0.0696. The number of carbonyl (C=O) groups is 1. The molecule has 1 unspecified atom stereocenters. The minimum Gasteiger partial charge on any atom is -0.478 e. The van der Waals surface area contributed by atoms with Gasteiger partial charge in [-0.3, -0.25) is 0 Å². The normalized spacial score (nSPS) is 13.2. The summed E-state index contributed by atoms with van der Waals surface area (Å²) in [6, 6.07) is 3.36. The molecular formula is C12H16ClNO4S. The Bertz CT molecular complexity index is 571. The molecule has 0 fully saturated rings. The van der Waals surface area contributed by atoms with Crippen molar-refractivity contribution in [1.29, 1.82) is 0 Å². The fourth-order valence-corrected chi connectivity index (χ4v) is 3.47. The Morgan fingerprint density at radius 2 is 2.11 bits per heavy atom. The first-order valence-electron chi connectivity index (χ1n) is 5.83. The molecule has 0 aliphatic rings. The second kappa shape index (κ2) is 6.36. The summed E-state index contributed by atoms with van der Waals surface area (Å²) in [4.78, 5) is 10.6. The van der Waals surface area contributed by atoms with Crippen molar-refractivity contribution < 1.29 is 18.3 Å². The highest BCUT2D eigenvalue weighted by Gasteiger charge is 2.21. The third-order valence-electron chi connectivity index (χ3n) is 2.55. The van der Waals surface area contributed by atoms with E-state index >= 15 is 0 Å². The predicted molar refractivity (Wildman–Crippen MR) is 73.1 cm³/mol. The lowest BCUT2D eigenvalue weighted by Gasteiger charge is -2.14. The van der Waals surface area contributed by atoms with Crippen LogP contribution < -0.4 is 4.72 Å². The zero-order valence-corrected chi connectivity index (χ0v) is 12.3. The Hall–Kier alpha value is -1.11. The first kappa shape index (κ1) is 15.9. The number of carboxylic acids is 1. The van der Waals surface area contributed by atoms with Crippen molar-refractivity contribution >= 4 is 27.6 Å².